The number of piperidine rings is 1. The fourth-order valence-electron chi connectivity index (χ4n) is 2.60. The fourth-order valence-corrected chi connectivity index (χ4v) is 2.60. The first kappa shape index (κ1) is 14.4. The third-order valence-corrected chi connectivity index (χ3v) is 3.22. The van der Waals surface area contributed by atoms with E-state index < -0.39 is 17.0 Å². The van der Waals surface area contributed by atoms with Crippen molar-refractivity contribution in [3.8, 4) is 0 Å². The quantitative estimate of drug-likeness (QED) is 0.819. The van der Waals surface area contributed by atoms with Crippen LogP contribution in [0.25, 0.3) is 0 Å². The number of aliphatic carboxylic acids is 1. The summed E-state index contributed by atoms with van der Waals surface area (Å²) in [5.41, 5.74) is -0.925. The molecule has 0 saturated carbocycles. The fraction of sp³-hybridized carbons (Fsp3) is 0.917. The van der Waals surface area contributed by atoms with E-state index in [1.54, 1.807) is 0 Å². The summed E-state index contributed by atoms with van der Waals surface area (Å²) in [5, 5.41) is 21.8. The van der Waals surface area contributed by atoms with Crippen molar-refractivity contribution in [2.24, 2.45) is 0 Å². The average Bonchev–Trinajstić information content (AvgIpc) is 2.12. The van der Waals surface area contributed by atoms with Gasteiger partial charge in [-0.25, -0.2) is 0 Å². The molecule has 0 aliphatic carbocycles. The molecule has 0 amide bonds. The Hall–Kier alpha value is -0.650. The van der Waals surface area contributed by atoms with Gasteiger partial charge >= 0.3 is 5.97 Å². The summed E-state index contributed by atoms with van der Waals surface area (Å²) in [5.74, 6) is -0.857. The summed E-state index contributed by atoms with van der Waals surface area (Å²) < 4.78 is 5.57. The topological polar surface area (TPSA) is 69.7 Å². The molecular formula is C12H22NO4. The first-order chi connectivity index (χ1) is 7.65. The predicted octanol–water partition coefficient (Wildman–Crippen LogP) is 1.84. The lowest BCUT2D eigenvalue weighted by Crippen LogP contribution is -2.59. The van der Waals surface area contributed by atoms with E-state index in [0.717, 1.165) is 5.06 Å². The molecule has 5 heteroatoms. The number of carbonyl (C=O) groups is 1. The second kappa shape index (κ2) is 4.92. The number of hydrogen-bond acceptors (Lipinski definition) is 3. The van der Waals surface area contributed by atoms with Crippen LogP contribution in [0.15, 0.2) is 0 Å². The van der Waals surface area contributed by atoms with Crippen molar-refractivity contribution in [1.82, 2.24) is 5.06 Å². The molecular weight excluding hydrogens is 222 g/mol. The van der Waals surface area contributed by atoms with Gasteiger partial charge in [-0.05, 0) is 40.5 Å². The number of carboxylic acids is 1. The molecule has 1 saturated heterocycles. The van der Waals surface area contributed by atoms with E-state index in [2.05, 4.69) is 0 Å². The average molecular weight is 244 g/mol. The van der Waals surface area contributed by atoms with Crippen LogP contribution in [-0.4, -0.2) is 39.9 Å². The lowest BCUT2D eigenvalue weighted by atomic mass is 9.80. The van der Waals surface area contributed by atoms with Crippen LogP contribution in [0.5, 0.6) is 0 Å². The molecule has 5 nitrogen and oxygen atoms in total. The maximum atomic E-state index is 12.1. The van der Waals surface area contributed by atoms with E-state index in [4.69, 9.17) is 9.84 Å². The van der Waals surface area contributed by atoms with Crippen LogP contribution in [0.1, 0.15) is 47.0 Å². The Labute approximate surface area is 102 Å². The first-order valence-electron chi connectivity index (χ1n) is 5.96. The molecule has 0 aromatic carbocycles. The van der Waals surface area contributed by atoms with Gasteiger partial charge in [0.25, 0.3) is 0 Å². The van der Waals surface area contributed by atoms with Gasteiger partial charge in [0.2, 0.25) is 0 Å². The van der Waals surface area contributed by atoms with Crippen LogP contribution in [0.3, 0.4) is 0 Å². The molecule has 1 N–H and O–H groups in total. The van der Waals surface area contributed by atoms with E-state index in [1.165, 1.54) is 0 Å². The van der Waals surface area contributed by atoms with Gasteiger partial charge in [-0.3, -0.25) is 4.79 Å². The van der Waals surface area contributed by atoms with E-state index in [-0.39, 0.29) is 19.1 Å². The number of hydroxylamine groups is 2. The van der Waals surface area contributed by atoms with Gasteiger partial charge < -0.3 is 9.84 Å². The number of hydrogen-bond donors (Lipinski definition) is 1. The molecule has 0 aromatic rings. The summed E-state index contributed by atoms with van der Waals surface area (Å²) >= 11 is 0. The summed E-state index contributed by atoms with van der Waals surface area (Å²) in [6.07, 6.45) is 1.25. The molecule has 0 atom stereocenters. The second-order valence-corrected chi connectivity index (χ2v) is 5.96. The molecule has 1 aliphatic rings. The molecule has 0 bridgehead atoms. The molecule has 1 fully saturated rings. The van der Waals surface area contributed by atoms with E-state index in [9.17, 15) is 10.0 Å². The van der Waals surface area contributed by atoms with Crippen molar-refractivity contribution in [2.45, 2.75) is 64.1 Å². The zero-order valence-corrected chi connectivity index (χ0v) is 11.0. The summed E-state index contributed by atoms with van der Waals surface area (Å²) in [6.45, 7) is 7.80. The lowest BCUT2D eigenvalue weighted by Gasteiger charge is -2.49. The number of nitrogens with zero attached hydrogens (tertiary/aromatic N) is 1. The third kappa shape index (κ3) is 3.66. The zero-order valence-electron chi connectivity index (χ0n) is 11.0. The van der Waals surface area contributed by atoms with Gasteiger partial charge in [0.05, 0.1) is 19.1 Å². The van der Waals surface area contributed by atoms with Gasteiger partial charge in [-0.15, -0.1) is 10.3 Å². The van der Waals surface area contributed by atoms with Gasteiger partial charge in [0, 0.05) is 11.1 Å². The second-order valence-electron chi connectivity index (χ2n) is 5.96. The van der Waals surface area contributed by atoms with E-state index in [1.807, 2.05) is 27.7 Å². The standard InChI is InChI=1S/C12H22NO4/c1-11(2)7-9(17-6-5-10(14)15)8-12(3,4)13(11)16/h9H,5-8H2,1-4H3,(H,14,15). The van der Waals surface area contributed by atoms with Crippen molar-refractivity contribution in [2.75, 3.05) is 6.61 Å². The van der Waals surface area contributed by atoms with E-state index >= 15 is 0 Å². The van der Waals surface area contributed by atoms with Crippen molar-refractivity contribution < 1.29 is 19.8 Å². The highest BCUT2D eigenvalue weighted by molar-refractivity contribution is 5.66. The minimum atomic E-state index is -0.857. The minimum Gasteiger partial charge on any atom is -0.481 e. The first-order valence-corrected chi connectivity index (χ1v) is 5.96. The third-order valence-electron chi connectivity index (χ3n) is 3.22. The molecule has 1 rings (SSSR count). The summed E-state index contributed by atoms with van der Waals surface area (Å²) in [7, 11) is 0. The highest BCUT2D eigenvalue weighted by Gasteiger charge is 2.46. The van der Waals surface area contributed by atoms with Crippen LogP contribution in [0.2, 0.25) is 0 Å². The number of rotatable bonds is 4. The molecule has 0 aromatic heterocycles. The Morgan fingerprint density at radius 2 is 1.76 bits per heavy atom. The largest absolute Gasteiger partial charge is 0.481 e. The monoisotopic (exact) mass is 244 g/mol. The maximum Gasteiger partial charge on any atom is 0.305 e. The molecule has 17 heavy (non-hydrogen) atoms. The van der Waals surface area contributed by atoms with Crippen LogP contribution >= 0.6 is 0 Å². The minimum absolute atomic E-state index is 0.0123. The SMILES string of the molecule is CC1(C)CC(OCCC(=O)O)CC(C)(C)N1[O]. The Bertz CT molecular complexity index is 270. The lowest BCUT2D eigenvalue weighted by molar-refractivity contribution is -0.301. The molecule has 1 radical (unpaired) electrons. The highest BCUT2D eigenvalue weighted by atomic mass is 16.5. The van der Waals surface area contributed by atoms with Crippen LogP contribution in [0.4, 0.5) is 0 Å². The van der Waals surface area contributed by atoms with Gasteiger partial charge in [0.15, 0.2) is 0 Å². The molecule has 0 spiro atoms. The normalized spacial score (nSPS) is 24.8. The van der Waals surface area contributed by atoms with Crippen LogP contribution < -0.4 is 0 Å². The molecule has 0 unspecified atom stereocenters. The van der Waals surface area contributed by atoms with Crippen molar-refractivity contribution >= 4 is 5.97 Å². The van der Waals surface area contributed by atoms with Crippen LogP contribution in [-0.2, 0) is 14.7 Å². The Kier molecular flexibility index (Phi) is 4.17. The number of ether oxygens (including phenoxy) is 1. The van der Waals surface area contributed by atoms with Gasteiger partial charge in [-0.1, -0.05) is 0 Å². The highest BCUT2D eigenvalue weighted by Crippen LogP contribution is 2.38. The van der Waals surface area contributed by atoms with Crippen molar-refractivity contribution in [3.05, 3.63) is 0 Å². The van der Waals surface area contributed by atoms with Crippen molar-refractivity contribution in [3.63, 3.8) is 0 Å². The maximum absolute atomic E-state index is 12.1. The van der Waals surface area contributed by atoms with Crippen molar-refractivity contribution in [1.29, 1.82) is 0 Å². The Morgan fingerprint density at radius 3 is 2.18 bits per heavy atom. The summed E-state index contributed by atoms with van der Waals surface area (Å²) in [6, 6.07) is 0. The van der Waals surface area contributed by atoms with Gasteiger partial charge in [0.1, 0.15) is 0 Å². The zero-order chi connectivity index (χ0) is 13.3. The Morgan fingerprint density at radius 1 is 1.29 bits per heavy atom. The molecule has 99 valence electrons. The van der Waals surface area contributed by atoms with Gasteiger partial charge in [-0.2, -0.15) is 0 Å². The predicted molar refractivity (Wildman–Crippen MR) is 61.9 cm³/mol. The Balaban J connectivity index is 2.56. The molecule has 1 heterocycles. The van der Waals surface area contributed by atoms with E-state index in [0.29, 0.717) is 12.8 Å². The smallest absolute Gasteiger partial charge is 0.305 e. The van der Waals surface area contributed by atoms with Crippen LogP contribution in [0, 0.1) is 0 Å². The summed E-state index contributed by atoms with van der Waals surface area (Å²) in [4.78, 5) is 10.4. The number of carboxylic acid groups (broad SMARTS) is 1. The molecule has 1 aliphatic heterocycles.